The van der Waals surface area contributed by atoms with Crippen LogP contribution in [-0.2, 0) is 6.54 Å². The maximum absolute atomic E-state index is 13.2. The fourth-order valence-electron chi connectivity index (χ4n) is 4.16. The minimum atomic E-state index is -0.237. The van der Waals surface area contributed by atoms with Gasteiger partial charge in [0, 0.05) is 31.9 Å². The Balaban J connectivity index is 1.45. The van der Waals surface area contributed by atoms with Crippen LogP contribution < -0.4 is 9.64 Å². The molecule has 164 valence electrons. The number of aromatic nitrogens is 4. The van der Waals surface area contributed by atoms with E-state index in [1.54, 1.807) is 19.2 Å². The highest BCUT2D eigenvalue weighted by Gasteiger charge is 2.28. The Kier molecular flexibility index (Phi) is 6.76. The molecule has 1 aromatic heterocycles. The van der Waals surface area contributed by atoms with Crippen molar-refractivity contribution in [2.75, 3.05) is 38.2 Å². The first kappa shape index (κ1) is 21.2. The molecule has 0 bridgehead atoms. The van der Waals surface area contributed by atoms with E-state index in [1.165, 1.54) is 17.8 Å². The monoisotopic (exact) mass is 424 g/mol. The molecule has 1 unspecified atom stereocenters. The van der Waals surface area contributed by atoms with E-state index in [0.29, 0.717) is 6.54 Å². The molecular weight excluding hydrogens is 395 g/mol. The lowest BCUT2D eigenvalue weighted by Crippen LogP contribution is -2.48. The van der Waals surface area contributed by atoms with Crippen LogP contribution in [-0.4, -0.2) is 58.4 Å². The molecule has 1 saturated heterocycles. The van der Waals surface area contributed by atoms with Crippen molar-refractivity contribution in [3.8, 4) is 5.75 Å². The van der Waals surface area contributed by atoms with E-state index in [4.69, 9.17) is 4.74 Å². The molecule has 31 heavy (non-hydrogen) atoms. The van der Waals surface area contributed by atoms with Gasteiger partial charge in [-0.25, -0.2) is 9.07 Å². The van der Waals surface area contributed by atoms with Crippen LogP contribution in [0.5, 0.6) is 5.75 Å². The van der Waals surface area contributed by atoms with Gasteiger partial charge in [-0.15, -0.1) is 5.10 Å². The van der Waals surface area contributed by atoms with Crippen LogP contribution in [0.3, 0.4) is 0 Å². The molecule has 0 amide bonds. The number of tetrazole rings is 1. The quantitative estimate of drug-likeness (QED) is 0.551. The van der Waals surface area contributed by atoms with Gasteiger partial charge in [0.25, 0.3) is 0 Å². The van der Waals surface area contributed by atoms with Crippen LogP contribution in [0.2, 0.25) is 0 Å². The van der Waals surface area contributed by atoms with Crippen molar-refractivity contribution in [1.29, 1.82) is 0 Å². The van der Waals surface area contributed by atoms with Gasteiger partial charge < -0.3 is 9.64 Å². The Morgan fingerprint density at radius 1 is 1.00 bits per heavy atom. The molecule has 2 heterocycles. The number of hydrogen-bond acceptors (Lipinski definition) is 6. The lowest BCUT2D eigenvalue weighted by molar-refractivity contribution is 0.164. The summed E-state index contributed by atoms with van der Waals surface area (Å²) < 4.78 is 20.4. The smallest absolute Gasteiger partial charge is 0.168 e. The maximum Gasteiger partial charge on any atom is 0.168 e. The molecule has 2 aromatic carbocycles. The largest absolute Gasteiger partial charge is 0.497 e. The van der Waals surface area contributed by atoms with Gasteiger partial charge in [-0.2, -0.15) is 0 Å². The van der Waals surface area contributed by atoms with Crippen molar-refractivity contribution in [3.05, 3.63) is 65.7 Å². The highest BCUT2D eigenvalue weighted by Crippen LogP contribution is 2.27. The number of hydrogen-bond donors (Lipinski definition) is 0. The summed E-state index contributed by atoms with van der Waals surface area (Å²) in [6.07, 6.45) is 2.04. The van der Waals surface area contributed by atoms with Gasteiger partial charge in [0.05, 0.1) is 19.7 Å². The van der Waals surface area contributed by atoms with Crippen LogP contribution >= 0.6 is 0 Å². The van der Waals surface area contributed by atoms with E-state index in [-0.39, 0.29) is 11.9 Å². The highest BCUT2D eigenvalue weighted by atomic mass is 19.1. The number of benzene rings is 2. The number of ether oxygens (including phenoxy) is 1. The third-order valence-electron chi connectivity index (χ3n) is 5.86. The Morgan fingerprint density at radius 2 is 1.71 bits per heavy atom. The van der Waals surface area contributed by atoms with Crippen LogP contribution in [0.25, 0.3) is 0 Å². The Bertz CT molecular complexity index is 951. The second-order valence-electron chi connectivity index (χ2n) is 7.85. The number of methoxy groups -OCH3 is 1. The summed E-state index contributed by atoms with van der Waals surface area (Å²) in [5.74, 6) is 1.52. The lowest BCUT2D eigenvalue weighted by Gasteiger charge is -2.39. The molecule has 1 aliphatic heterocycles. The van der Waals surface area contributed by atoms with E-state index in [1.807, 2.05) is 16.8 Å². The zero-order chi connectivity index (χ0) is 21.6. The number of nitrogens with zero attached hydrogens (tertiary/aromatic N) is 6. The molecule has 1 fully saturated rings. The van der Waals surface area contributed by atoms with Crippen molar-refractivity contribution in [2.24, 2.45) is 0 Å². The molecule has 0 spiro atoms. The van der Waals surface area contributed by atoms with Gasteiger partial charge in [-0.05, 0) is 58.8 Å². The third-order valence-corrected chi connectivity index (χ3v) is 5.86. The van der Waals surface area contributed by atoms with Gasteiger partial charge in [-0.1, -0.05) is 25.5 Å². The first-order valence-corrected chi connectivity index (χ1v) is 10.8. The predicted octanol–water partition coefficient (Wildman–Crippen LogP) is 3.53. The Labute approximate surface area is 182 Å². The molecule has 0 aliphatic carbocycles. The van der Waals surface area contributed by atoms with Gasteiger partial charge in [0.1, 0.15) is 11.6 Å². The van der Waals surface area contributed by atoms with Crippen molar-refractivity contribution in [2.45, 2.75) is 32.4 Å². The van der Waals surface area contributed by atoms with E-state index in [2.05, 4.69) is 44.4 Å². The molecular formula is C23H29FN6O. The van der Waals surface area contributed by atoms with Crippen LogP contribution in [0.4, 0.5) is 10.1 Å². The average molecular weight is 425 g/mol. The highest BCUT2D eigenvalue weighted by molar-refractivity contribution is 5.49. The van der Waals surface area contributed by atoms with Gasteiger partial charge >= 0.3 is 0 Å². The first-order chi connectivity index (χ1) is 15.2. The first-order valence-electron chi connectivity index (χ1n) is 10.8. The molecule has 0 radical (unpaired) electrons. The van der Waals surface area contributed by atoms with Crippen LogP contribution in [0, 0.1) is 5.82 Å². The van der Waals surface area contributed by atoms with Gasteiger partial charge in [0.2, 0.25) is 0 Å². The van der Waals surface area contributed by atoms with Crippen molar-refractivity contribution < 1.29 is 9.13 Å². The number of piperazine rings is 1. The molecule has 3 aromatic rings. The number of halogens is 1. The van der Waals surface area contributed by atoms with Crippen LogP contribution in [0.15, 0.2) is 48.5 Å². The number of rotatable bonds is 8. The summed E-state index contributed by atoms with van der Waals surface area (Å²) in [6.45, 7) is 6.52. The Morgan fingerprint density at radius 3 is 2.35 bits per heavy atom. The summed E-state index contributed by atoms with van der Waals surface area (Å²) in [6, 6.07) is 14.9. The normalized spacial score (nSPS) is 15.8. The summed E-state index contributed by atoms with van der Waals surface area (Å²) >= 11 is 0. The fraction of sp³-hybridized carbons (Fsp3) is 0.435. The SMILES string of the molecule is CCCC(c1nnnn1Cc1ccc(F)cc1)N1CCN(c2ccc(OC)cc2)CC1. The van der Waals surface area contributed by atoms with Gasteiger partial charge in [-0.3, -0.25) is 4.90 Å². The summed E-state index contributed by atoms with van der Waals surface area (Å²) in [4.78, 5) is 4.89. The summed E-state index contributed by atoms with van der Waals surface area (Å²) in [7, 11) is 1.69. The third kappa shape index (κ3) is 5.02. The predicted molar refractivity (Wildman–Crippen MR) is 118 cm³/mol. The molecule has 4 rings (SSSR count). The second kappa shape index (κ2) is 9.87. The zero-order valence-corrected chi connectivity index (χ0v) is 18.1. The minimum absolute atomic E-state index is 0.165. The summed E-state index contributed by atoms with van der Waals surface area (Å²) in [5, 5.41) is 12.6. The van der Waals surface area contributed by atoms with E-state index < -0.39 is 0 Å². The van der Waals surface area contributed by atoms with Crippen molar-refractivity contribution in [1.82, 2.24) is 25.1 Å². The van der Waals surface area contributed by atoms with Crippen molar-refractivity contribution >= 4 is 5.69 Å². The van der Waals surface area contributed by atoms with E-state index in [9.17, 15) is 4.39 Å². The molecule has 8 heteroatoms. The van der Waals surface area contributed by atoms with Crippen molar-refractivity contribution in [3.63, 3.8) is 0 Å². The molecule has 0 N–H and O–H groups in total. The Hall–Kier alpha value is -3.00. The maximum atomic E-state index is 13.2. The molecule has 7 nitrogen and oxygen atoms in total. The topological polar surface area (TPSA) is 59.3 Å². The number of anilines is 1. The van der Waals surface area contributed by atoms with E-state index >= 15 is 0 Å². The zero-order valence-electron chi connectivity index (χ0n) is 18.1. The fourth-order valence-corrected chi connectivity index (χ4v) is 4.16. The molecule has 1 atom stereocenters. The average Bonchev–Trinajstić information content (AvgIpc) is 3.27. The lowest BCUT2D eigenvalue weighted by atomic mass is 10.1. The summed E-state index contributed by atoms with van der Waals surface area (Å²) in [5.41, 5.74) is 2.20. The molecule has 0 saturated carbocycles. The van der Waals surface area contributed by atoms with Gasteiger partial charge in [0.15, 0.2) is 5.82 Å². The van der Waals surface area contributed by atoms with E-state index in [0.717, 1.165) is 56.2 Å². The molecule has 1 aliphatic rings. The van der Waals surface area contributed by atoms with Crippen LogP contribution in [0.1, 0.15) is 37.2 Å². The standard InChI is InChI=1S/C23H29FN6O/c1-3-4-22(23-25-26-27-30(23)17-18-5-7-19(24)8-6-18)29-15-13-28(14-16-29)20-9-11-21(31-2)12-10-20/h5-12,22H,3-4,13-17H2,1-2H3. The second-order valence-corrected chi connectivity index (χ2v) is 7.85. The minimum Gasteiger partial charge on any atom is -0.497 e.